The van der Waals surface area contributed by atoms with Crippen molar-refractivity contribution in [3.8, 4) is 0 Å². The molecule has 0 saturated carbocycles. The monoisotopic (exact) mass is 293 g/mol. The summed E-state index contributed by atoms with van der Waals surface area (Å²) in [5.41, 5.74) is 0.793. The van der Waals surface area contributed by atoms with Crippen molar-refractivity contribution in [2.45, 2.75) is 6.54 Å². The quantitative estimate of drug-likeness (QED) is 0.910. The summed E-state index contributed by atoms with van der Waals surface area (Å²) >= 11 is 3.38. The zero-order chi connectivity index (χ0) is 11.8. The van der Waals surface area contributed by atoms with Crippen LogP contribution in [0, 0.1) is 5.92 Å². The van der Waals surface area contributed by atoms with Gasteiger partial charge in [0.2, 0.25) is 0 Å². The van der Waals surface area contributed by atoms with Crippen molar-refractivity contribution < 1.29 is 0 Å². The van der Waals surface area contributed by atoms with Gasteiger partial charge in [-0.2, -0.15) is 0 Å². The molecule has 17 heavy (non-hydrogen) atoms. The van der Waals surface area contributed by atoms with Crippen LogP contribution in [0.3, 0.4) is 0 Å². The Morgan fingerprint density at radius 1 is 1.47 bits per heavy atom. The molecule has 0 bridgehead atoms. The van der Waals surface area contributed by atoms with Crippen LogP contribution >= 0.6 is 15.9 Å². The normalized spacial score (nSPS) is 16.1. The van der Waals surface area contributed by atoms with Gasteiger partial charge in [0.25, 0.3) is 5.56 Å². The summed E-state index contributed by atoms with van der Waals surface area (Å²) < 4.78 is 2.65. The Morgan fingerprint density at radius 2 is 2.29 bits per heavy atom. The second-order valence-electron chi connectivity index (χ2n) is 4.39. The molecule has 0 atom stereocenters. The molecule has 1 N–H and O–H groups in total. The molecule has 1 aromatic carbocycles. The second kappa shape index (κ2) is 4.23. The van der Waals surface area contributed by atoms with Crippen LogP contribution in [0.2, 0.25) is 0 Å². The van der Waals surface area contributed by atoms with E-state index in [1.165, 1.54) is 0 Å². The van der Waals surface area contributed by atoms with E-state index in [1.807, 2.05) is 18.2 Å². The van der Waals surface area contributed by atoms with Crippen molar-refractivity contribution in [3.63, 3.8) is 0 Å². The molecule has 2 heterocycles. The van der Waals surface area contributed by atoms with Crippen LogP contribution in [0.15, 0.2) is 33.8 Å². The first-order valence-corrected chi connectivity index (χ1v) is 6.39. The Balaban J connectivity index is 2.05. The first-order valence-electron chi connectivity index (χ1n) is 5.59. The van der Waals surface area contributed by atoms with Gasteiger partial charge in [-0.15, -0.1) is 0 Å². The molecular weight excluding hydrogens is 282 g/mol. The van der Waals surface area contributed by atoms with E-state index >= 15 is 0 Å². The number of nitrogens with zero attached hydrogens (tertiary/aromatic N) is 2. The summed E-state index contributed by atoms with van der Waals surface area (Å²) in [7, 11) is 0. The smallest absolute Gasteiger partial charge is 0.261 e. The summed E-state index contributed by atoms with van der Waals surface area (Å²) in [4.78, 5) is 16.5. The van der Waals surface area contributed by atoms with Crippen LogP contribution in [-0.4, -0.2) is 22.6 Å². The summed E-state index contributed by atoms with van der Waals surface area (Å²) in [6, 6.07) is 5.57. The summed E-state index contributed by atoms with van der Waals surface area (Å²) in [6.45, 7) is 2.74. The van der Waals surface area contributed by atoms with Crippen LogP contribution < -0.4 is 10.9 Å². The number of aromatic nitrogens is 2. The topological polar surface area (TPSA) is 46.9 Å². The van der Waals surface area contributed by atoms with E-state index in [9.17, 15) is 4.79 Å². The Labute approximate surface area is 107 Å². The molecule has 0 amide bonds. The third kappa shape index (κ3) is 2.00. The molecule has 1 saturated heterocycles. The SMILES string of the molecule is O=c1c2ccc(Br)cc2ncn1CC1CNC1. The molecule has 0 radical (unpaired) electrons. The highest BCUT2D eigenvalue weighted by Gasteiger charge is 2.18. The van der Waals surface area contributed by atoms with Crippen LogP contribution in [-0.2, 0) is 6.54 Å². The number of rotatable bonds is 2. The van der Waals surface area contributed by atoms with Gasteiger partial charge in [0.1, 0.15) is 0 Å². The Hall–Kier alpha value is -1.20. The van der Waals surface area contributed by atoms with Gasteiger partial charge < -0.3 is 5.32 Å². The van der Waals surface area contributed by atoms with E-state index in [2.05, 4.69) is 26.2 Å². The molecule has 3 rings (SSSR count). The highest BCUT2D eigenvalue weighted by atomic mass is 79.9. The predicted molar refractivity (Wildman–Crippen MR) is 70.1 cm³/mol. The zero-order valence-corrected chi connectivity index (χ0v) is 10.8. The van der Waals surface area contributed by atoms with E-state index in [0.717, 1.165) is 29.6 Å². The molecule has 1 aromatic heterocycles. The lowest BCUT2D eigenvalue weighted by Crippen LogP contribution is -2.45. The standard InChI is InChI=1S/C12H12BrN3O/c13-9-1-2-10-11(3-9)15-7-16(12(10)17)6-8-4-14-5-8/h1-3,7-8,14H,4-6H2. The number of hydrogen-bond donors (Lipinski definition) is 1. The molecule has 1 aliphatic rings. The fourth-order valence-electron chi connectivity index (χ4n) is 2.02. The molecule has 5 heteroatoms. The van der Waals surface area contributed by atoms with Crippen molar-refractivity contribution in [1.29, 1.82) is 0 Å². The fourth-order valence-corrected chi connectivity index (χ4v) is 2.37. The summed E-state index contributed by atoms with van der Waals surface area (Å²) in [5, 5.41) is 3.89. The lowest BCUT2D eigenvalue weighted by atomic mass is 10.0. The molecule has 4 nitrogen and oxygen atoms in total. The number of halogens is 1. The average Bonchev–Trinajstić information content (AvgIpc) is 2.25. The second-order valence-corrected chi connectivity index (χ2v) is 5.30. The fraction of sp³-hybridized carbons (Fsp3) is 0.333. The number of benzene rings is 1. The Bertz CT molecular complexity index is 619. The van der Waals surface area contributed by atoms with E-state index in [4.69, 9.17) is 0 Å². The molecule has 2 aromatic rings. The number of hydrogen-bond acceptors (Lipinski definition) is 3. The van der Waals surface area contributed by atoms with Gasteiger partial charge >= 0.3 is 0 Å². The number of fused-ring (bicyclic) bond motifs is 1. The van der Waals surface area contributed by atoms with Crippen LogP contribution in [0.1, 0.15) is 0 Å². The Kier molecular flexibility index (Phi) is 2.72. The Morgan fingerprint density at radius 3 is 3.00 bits per heavy atom. The lowest BCUT2D eigenvalue weighted by Gasteiger charge is -2.27. The molecule has 0 aliphatic carbocycles. The summed E-state index contributed by atoms with van der Waals surface area (Å²) in [5.74, 6) is 0.558. The molecule has 1 aliphatic heterocycles. The van der Waals surface area contributed by atoms with Crippen molar-refractivity contribution >= 4 is 26.8 Å². The molecule has 88 valence electrons. The highest BCUT2D eigenvalue weighted by molar-refractivity contribution is 9.10. The maximum atomic E-state index is 12.2. The first-order chi connectivity index (χ1) is 8.24. The maximum Gasteiger partial charge on any atom is 0.261 e. The van der Waals surface area contributed by atoms with Crippen LogP contribution in [0.25, 0.3) is 10.9 Å². The first kappa shape index (κ1) is 10.9. The van der Waals surface area contributed by atoms with Gasteiger partial charge in [0.05, 0.1) is 17.2 Å². The molecule has 0 unspecified atom stereocenters. The predicted octanol–water partition coefficient (Wildman–Crippen LogP) is 1.38. The van der Waals surface area contributed by atoms with Crippen molar-refractivity contribution in [1.82, 2.24) is 14.9 Å². The highest BCUT2D eigenvalue weighted by Crippen LogP contribution is 2.15. The maximum absolute atomic E-state index is 12.2. The van der Waals surface area contributed by atoms with Gasteiger partial charge in [-0.05, 0) is 18.2 Å². The van der Waals surface area contributed by atoms with E-state index in [1.54, 1.807) is 10.9 Å². The lowest BCUT2D eigenvalue weighted by molar-refractivity contribution is 0.303. The van der Waals surface area contributed by atoms with Crippen LogP contribution in [0.4, 0.5) is 0 Å². The molecular formula is C12H12BrN3O. The van der Waals surface area contributed by atoms with E-state index < -0.39 is 0 Å². The van der Waals surface area contributed by atoms with Gasteiger partial charge in [-0.25, -0.2) is 4.98 Å². The largest absolute Gasteiger partial charge is 0.316 e. The van der Waals surface area contributed by atoms with Crippen molar-refractivity contribution in [2.24, 2.45) is 5.92 Å². The van der Waals surface area contributed by atoms with Crippen molar-refractivity contribution in [2.75, 3.05) is 13.1 Å². The molecule has 0 spiro atoms. The van der Waals surface area contributed by atoms with Gasteiger partial charge in [-0.3, -0.25) is 9.36 Å². The third-order valence-electron chi connectivity index (χ3n) is 3.11. The minimum atomic E-state index is 0.0504. The average molecular weight is 294 g/mol. The third-order valence-corrected chi connectivity index (χ3v) is 3.60. The minimum absolute atomic E-state index is 0.0504. The minimum Gasteiger partial charge on any atom is -0.316 e. The molecule has 1 fully saturated rings. The van der Waals surface area contributed by atoms with Gasteiger partial charge in [0.15, 0.2) is 0 Å². The van der Waals surface area contributed by atoms with Gasteiger partial charge in [0, 0.05) is 30.0 Å². The van der Waals surface area contributed by atoms with E-state index in [0.29, 0.717) is 11.3 Å². The zero-order valence-electron chi connectivity index (χ0n) is 9.19. The van der Waals surface area contributed by atoms with Crippen LogP contribution in [0.5, 0.6) is 0 Å². The summed E-state index contributed by atoms with van der Waals surface area (Å²) in [6.07, 6.45) is 1.65. The number of nitrogens with one attached hydrogen (secondary N) is 1. The van der Waals surface area contributed by atoms with Gasteiger partial charge in [-0.1, -0.05) is 15.9 Å². The van der Waals surface area contributed by atoms with Crippen molar-refractivity contribution in [3.05, 3.63) is 39.4 Å². The van der Waals surface area contributed by atoms with E-state index in [-0.39, 0.29) is 5.56 Å².